The highest BCUT2D eigenvalue weighted by Crippen LogP contribution is 2.37. The van der Waals surface area contributed by atoms with Crippen molar-refractivity contribution in [2.24, 2.45) is 0 Å². The fourth-order valence-electron chi connectivity index (χ4n) is 2.42. The molecular weight excluding hydrogens is 276 g/mol. The minimum absolute atomic E-state index is 0.0578. The van der Waals surface area contributed by atoms with E-state index in [1.54, 1.807) is 6.08 Å². The van der Waals surface area contributed by atoms with Gasteiger partial charge in [-0.3, -0.25) is 4.79 Å². The van der Waals surface area contributed by atoms with Gasteiger partial charge >= 0.3 is 5.97 Å². The summed E-state index contributed by atoms with van der Waals surface area (Å²) in [7, 11) is 0. The van der Waals surface area contributed by atoms with Crippen molar-refractivity contribution < 1.29 is 14.3 Å². The summed E-state index contributed by atoms with van der Waals surface area (Å²) >= 11 is 5.60. The Morgan fingerprint density at radius 2 is 2.00 bits per heavy atom. The van der Waals surface area contributed by atoms with Gasteiger partial charge in [0, 0.05) is 5.57 Å². The SMILES string of the molecule is O=C(CCl)C1=C2C3=CC=CC=C(C=CC=C2OC1=O)C3. The number of fused-ring (bicyclic) bond motifs is 4. The van der Waals surface area contributed by atoms with Gasteiger partial charge in [-0.15, -0.1) is 11.6 Å². The zero-order chi connectivity index (χ0) is 14.1. The maximum Gasteiger partial charge on any atom is 0.348 e. The van der Waals surface area contributed by atoms with Crippen LogP contribution in [0.3, 0.4) is 0 Å². The van der Waals surface area contributed by atoms with Crippen molar-refractivity contribution in [3.05, 3.63) is 70.6 Å². The third-order valence-corrected chi connectivity index (χ3v) is 3.54. The molecular formula is C16H11ClO3. The third-order valence-electron chi connectivity index (χ3n) is 3.30. The fourth-order valence-corrected chi connectivity index (χ4v) is 2.55. The van der Waals surface area contributed by atoms with Crippen LogP contribution in [0.5, 0.6) is 0 Å². The normalized spacial score (nSPS) is 20.2. The quantitative estimate of drug-likeness (QED) is 0.445. The number of carbonyl (C=O) groups is 2. The van der Waals surface area contributed by atoms with Gasteiger partial charge in [0.15, 0.2) is 5.78 Å². The lowest BCUT2D eigenvalue weighted by molar-refractivity contribution is -0.134. The molecule has 3 aliphatic rings. The molecule has 20 heavy (non-hydrogen) atoms. The number of carbonyl (C=O) groups excluding carboxylic acids is 2. The van der Waals surface area contributed by atoms with Crippen molar-refractivity contribution in [3.63, 3.8) is 0 Å². The molecule has 0 unspecified atom stereocenters. The minimum Gasteiger partial charge on any atom is -0.422 e. The van der Waals surface area contributed by atoms with E-state index in [1.165, 1.54) is 0 Å². The van der Waals surface area contributed by atoms with Crippen molar-refractivity contribution in [2.75, 3.05) is 5.88 Å². The van der Waals surface area contributed by atoms with Gasteiger partial charge in [0.1, 0.15) is 11.3 Å². The Morgan fingerprint density at radius 1 is 1.20 bits per heavy atom. The summed E-state index contributed by atoms with van der Waals surface area (Å²) in [6, 6.07) is 0. The zero-order valence-corrected chi connectivity index (χ0v) is 11.3. The maximum atomic E-state index is 11.9. The van der Waals surface area contributed by atoms with Crippen LogP contribution in [0.2, 0.25) is 0 Å². The Hall–Kier alpha value is -2.13. The molecule has 0 saturated heterocycles. The maximum absolute atomic E-state index is 11.9. The molecule has 2 aliphatic carbocycles. The van der Waals surface area contributed by atoms with Gasteiger partial charge in [0.05, 0.1) is 5.88 Å². The average molecular weight is 287 g/mol. The highest BCUT2D eigenvalue weighted by atomic mass is 35.5. The van der Waals surface area contributed by atoms with Crippen LogP contribution < -0.4 is 0 Å². The minimum atomic E-state index is -0.619. The first-order valence-electron chi connectivity index (χ1n) is 6.22. The van der Waals surface area contributed by atoms with Gasteiger partial charge in [0.25, 0.3) is 0 Å². The number of hydrogen-bond acceptors (Lipinski definition) is 3. The standard InChI is InChI=1S/C16H11ClO3/c17-9-12(18)15-14-11-6-2-1-4-10(8-11)5-3-7-13(14)20-16(15)19/h1-7H,8-9H2. The molecule has 0 atom stereocenters. The summed E-state index contributed by atoms with van der Waals surface area (Å²) in [5.41, 5.74) is 2.62. The van der Waals surface area contributed by atoms with Crippen molar-refractivity contribution in [3.8, 4) is 0 Å². The molecule has 3 nitrogen and oxygen atoms in total. The molecule has 0 radical (unpaired) electrons. The van der Waals surface area contributed by atoms with Gasteiger partial charge in [-0.05, 0) is 23.6 Å². The second-order valence-electron chi connectivity index (χ2n) is 4.58. The highest BCUT2D eigenvalue weighted by Gasteiger charge is 2.35. The van der Waals surface area contributed by atoms with Crippen LogP contribution >= 0.6 is 11.6 Å². The molecule has 0 fully saturated rings. The second kappa shape index (κ2) is 5.10. The number of hydrogen-bond donors (Lipinski definition) is 0. The Balaban J connectivity index is 2.24. The van der Waals surface area contributed by atoms with E-state index < -0.39 is 11.8 Å². The van der Waals surface area contributed by atoms with Crippen molar-refractivity contribution >= 4 is 23.4 Å². The molecule has 3 rings (SSSR count). The molecule has 100 valence electrons. The summed E-state index contributed by atoms with van der Waals surface area (Å²) in [6.07, 6.45) is 13.8. The largest absolute Gasteiger partial charge is 0.422 e. The fraction of sp³-hybridized carbons (Fsp3) is 0.125. The predicted octanol–water partition coefficient (Wildman–Crippen LogP) is 2.91. The van der Waals surface area contributed by atoms with Crippen molar-refractivity contribution in [1.82, 2.24) is 0 Å². The van der Waals surface area contributed by atoms with Crippen LogP contribution in [0.1, 0.15) is 6.42 Å². The molecule has 0 saturated carbocycles. The van der Waals surface area contributed by atoms with E-state index in [0.717, 1.165) is 11.1 Å². The topological polar surface area (TPSA) is 43.4 Å². The number of ether oxygens (including phenoxy) is 1. The number of ketones is 1. The van der Waals surface area contributed by atoms with Gasteiger partial charge in [-0.25, -0.2) is 4.79 Å². The Morgan fingerprint density at radius 3 is 2.80 bits per heavy atom. The monoisotopic (exact) mass is 286 g/mol. The lowest BCUT2D eigenvalue weighted by Crippen LogP contribution is -2.12. The van der Waals surface area contributed by atoms with E-state index in [0.29, 0.717) is 17.8 Å². The number of esters is 1. The molecule has 1 heterocycles. The molecule has 0 aromatic rings. The lowest BCUT2D eigenvalue weighted by atomic mass is 9.91. The van der Waals surface area contributed by atoms with Crippen LogP contribution in [-0.2, 0) is 14.3 Å². The summed E-state index contributed by atoms with van der Waals surface area (Å²) < 4.78 is 5.20. The second-order valence-corrected chi connectivity index (χ2v) is 4.85. The van der Waals surface area contributed by atoms with Gasteiger partial charge in [-0.2, -0.15) is 0 Å². The highest BCUT2D eigenvalue weighted by molar-refractivity contribution is 6.35. The average Bonchev–Trinajstić information content (AvgIpc) is 2.63. The van der Waals surface area contributed by atoms with E-state index in [-0.39, 0.29) is 11.5 Å². The van der Waals surface area contributed by atoms with Crippen LogP contribution in [0, 0.1) is 0 Å². The number of halogens is 1. The smallest absolute Gasteiger partial charge is 0.348 e. The summed E-state index contributed by atoms with van der Waals surface area (Å²) in [5, 5.41) is 0. The predicted molar refractivity (Wildman–Crippen MR) is 76.0 cm³/mol. The Kier molecular flexibility index (Phi) is 3.28. The van der Waals surface area contributed by atoms with E-state index in [4.69, 9.17) is 16.3 Å². The third kappa shape index (κ3) is 2.10. The number of allylic oxidation sites excluding steroid dienone is 9. The van der Waals surface area contributed by atoms with Crippen LogP contribution in [-0.4, -0.2) is 17.6 Å². The zero-order valence-electron chi connectivity index (χ0n) is 10.6. The first-order chi connectivity index (χ1) is 9.70. The van der Waals surface area contributed by atoms with Crippen molar-refractivity contribution in [2.45, 2.75) is 6.42 Å². The molecule has 0 aromatic heterocycles. The number of Topliss-reactive ketones (excluding diaryl/α,β-unsaturated/α-hetero) is 1. The molecule has 0 aromatic carbocycles. The molecule has 2 bridgehead atoms. The van der Waals surface area contributed by atoms with Gasteiger partial charge < -0.3 is 4.74 Å². The first-order valence-corrected chi connectivity index (χ1v) is 6.75. The van der Waals surface area contributed by atoms with E-state index in [1.807, 2.05) is 36.5 Å². The summed E-state index contributed by atoms with van der Waals surface area (Å²) in [6.45, 7) is 0. The first kappa shape index (κ1) is 12.9. The van der Waals surface area contributed by atoms with Crippen molar-refractivity contribution in [1.29, 1.82) is 0 Å². The number of rotatable bonds is 2. The van der Waals surface area contributed by atoms with Crippen LogP contribution in [0.15, 0.2) is 70.6 Å². The van der Waals surface area contributed by atoms with E-state index in [2.05, 4.69) is 0 Å². The molecule has 1 aliphatic heterocycles. The molecule has 0 amide bonds. The van der Waals surface area contributed by atoms with Gasteiger partial charge in [0.2, 0.25) is 0 Å². The van der Waals surface area contributed by atoms with E-state index in [9.17, 15) is 9.59 Å². The lowest BCUT2D eigenvalue weighted by Gasteiger charge is -2.12. The Labute approximate surface area is 121 Å². The molecule has 0 spiro atoms. The molecule has 0 N–H and O–H groups in total. The van der Waals surface area contributed by atoms with E-state index >= 15 is 0 Å². The van der Waals surface area contributed by atoms with Crippen LogP contribution in [0.4, 0.5) is 0 Å². The molecule has 4 heteroatoms. The summed E-state index contributed by atoms with van der Waals surface area (Å²) in [5.74, 6) is -0.838. The van der Waals surface area contributed by atoms with Crippen LogP contribution in [0.25, 0.3) is 0 Å². The Bertz CT molecular complexity index is 685. The number of alkyl halides is 1. The van der Waals surface area contributed by atoms with Gasteiger partial charge in [-0.1, -0.05) is 36.5 Å². The summed E-state index contributed by atoms with van der Waals surface area (Å²) in [4.78, 5) is 23.9.